The number of para-hydroxylation sites is 1. The average molecular weight is 548 g/mol. The number of nitro groups is 1. The van der Waals surface area contributed by atoms with Crippen LogP contribution in [0.3, 0.4) is 0 Å². The van der Waals surface area contributed by atoms with Crippen LogP contribution >= 0.6 is 11.8 Å². The quantitative estimate of drug-likeness (QED) is 0.130. The molecule has 0 saturated carbocycles. The molecule has 0 radical (unpaired) electrons. The molecule has 0 atom stereocenters. The summed E-state index contributed by atoms with van der Waals surface area (Å²) in [7, 11) is 0. The maximum Gasteiger partial charge on any atom is 0.343 e. The number of carbonyl (C=O) groups excluding carboxylic acids is 4. The van der Waals surface area contributed by atoms with Crippen molar-refractivity contribution in [3.05, 3.63) is 98.9 Å². The van der Waals surface area contributed by atoms with Gasteiger partial charge in [0.15, 0.2) is 11.5 Å². The average Bonchev–Trinajstić information content (AvgIpc) is 3.18. The molecule has 0 spiro atoms. The van der Waals surface area contributed by atoms with Gasteiger partial charge >= 0.3 is 5.97 Å². The van der Waals surface area contributed by atoms with Crippen molar-refractivity contribution in [2.75, 3.05) is 18.5 Å². The maximum atomic E-state index is 12.8. The number of anilines is 1. The molecule has 12 heteroatoms. The van der Waals surface area contributed by atoms with Gasteiger partial charge in [-0.1, -0.05) is 24.3 Å². The first-order valence-corrected chi connectivity index (χ1v) is 12.4. The second-order valence-electron chi connectivity index (χ2n) is 8.01. The highest BCUT2D eigenvalue weighted by Gasteiger charge is 2.36. The number of ether oxygens (including phenoxy) is 2. The third-order valence-electron chi connectivity index (χ3n) is 5.31. The first kappa shape index (κ1) is 27.1. The molecule has 11 nitrogen and oxygen atoms in total. The number of benzene rings is 3. The largest absolute Gasteiger partial charge is 0.490 e. The summed E-state index contributed by atoms with van der Waals surface area (Å²) in [5.74, 6) is -1.55. The van der Waals surface area contributed by atoms with Gasteiger partial charge in [-0.15, -0.1) is 0 Å². The van der Waals surface area contributed by atoms with E-state index in [1.165, 1.54) is 42.5 Å². The fraction of sp³-hybridized carbons (Fsp3) is 0.111. The van der Waals surface area contributed by atoms with Gasteiger partial charge in [0, 0.05) is 17.8 Å². The lowest BCUT2D eigenvalue weighted by atomic mass is 10.1. The van der Waals surface area contributed by atoms with Crippen LogP contribution in [0.25, 0.3) is 6.08 Å². The van der Waals surface area contributed by atoms with Crippen molar-refractivity contribution >= 4 is 52.2 Å². The number of hydrogen-bond acceptors (Lipinski definition) is 9. The van der Waals surface area contributed by atoms with Crippen LogP contribution in [-0.4, -0.2) is 46.0 Å². The SMILES string of the molecule is CCOc1cc(/C=C2\SC(=O)N(CC(=O)Nc3ccccc3)C2=O)ccc1OC(=O)c1ccc([N+](=O)[O-])cc1. The molecule has 39 heavy (non-hydrogen) atoms. The van der Waals surface area contributed by atoms with Crippen molar-refractivity contribution in [3.63, 3.8) is 0 Å². The smallest absolute Gasteiger partial charge is 0.343 e. The van der Waals surface area contributed by atoms with Crippen LogP contribution < -0.4 is 14.8 Å². The summed E-state index contributed by atoms with van der Waals surface area (Å²) in [6.07, 6.45) is 1.48. The van der Waals surface area contributed by atoms with Gasteiger partial charge in [0.1, 0.15) is 6.54 Å². The lowest BCUT2D eigenvalue weighted by Gasteiger charge is -2.12. The molecule has 3 amide bonds. The summed E-state index contributed by atoms with van der Waals surface area (Å²) in [4.78, 5) is 61.4. The second-order valence-corrected chi connectivity index (χ2v) is 9.01. The zero-order chi connectivity index (χ0) is 27.9. The standard InChI is InChI=1S/C27H21N3O8S/c1-2-37-22-14-17(8-13-21(22)38-26(33)18-9-11-20(12-10-18)30(35)36)15-23-25(32)29(27(34)39-23)16-24(31)28-19-6-4-3-5-7-19/h3-15H,2,16H2,1H3,(H,28,31)/b23-15-. The molecule has 4 rings (SSSR count). The zero-order valence-electron chi connectivity index (χ0n) is 20.5. The number of rotatable bonds is 9. The Bertz CT molecular complexity index is 1470. The summed E-state index contributed by atoms with van der Waals surface area (Å²) >= 11 is 0.704. The molecule has 1 aliphatic heterocycles. The maximum absolute atomic E-state index is 12.8. The molecule has 0 bridgehead atoms. The van der Waals surface area contributed by atoms with E-state index < -0.39 is 34.5 Å². The highest BCUT2D eigenvalue weighted by molar-refractivity contribution is 8.18. The Morgan fingerprint density at radius 3 is 2.41 bits per heavy atom. The van der Waals surface area contributed by atoms with Crippen LogP contribution in [0, 0.1) is 10.1 Å². The number of nitrogens with one attached hydrogen (secondary N) is 1. The molecule has 1 saturated heterocycles. The van der Waals surface area contributed by atoms with Crippen LogP contribution in [0.4, 0.5) is 16.2 Å². The number of amides is 3. The van der Waals surface area contributed by atoms with Crippen molar-refractivity contribution in [2.45, 2.75) is 6.92 Å². The predicted molar refractivity (Wildman–Crippen MR) is 143 cm³/mol. The molecule has 1 heterocycles. The molecule has 0 unspecified atom stereocenters. The van der Waals surface area contributed by atoms with Gasteiger partial charge < -0.3 is 14.8 Å². The number of nitro benzene ring substituents is 1. The van der Waals surface area contributed by atoms with Gasteiger partial charge in [-0.05, 0) is 66.7 Å². The van der Waals surface area contributed by atoms with Crippen LogP contribution in [0.15, 0.2) is 77.7 Å². The van der Waals surface area contributed by atoms with E-state index in [2.05, 4.69) is 5.32 Å². The number of esters is 1. The van der Waals surface area contributed by atoms with E-state index in [4.69, 9.17) is 9.47 Å². The molecule has 3 aromatic rings. The molecule has 0 aliphatic carbocycles. The van der Waals surface area contributed by atoms with Crippen LogP contribution in [-0.2, 0) is 9.59 Å². The summed E-state index contributed by atoms with van der Waals surface area (Å²) in [5, 5.41) is 12.9. The first-order valence-electron chi connectivity index (χ1n) is 11.6. The molecule has 0 aromatic heterocycles. The Kier molecular flexibility index (Phi) is 8.37. The molecular formula is C27H21N3O8S. The Morgan fingerprint density at radius 1 is 1.03 bits per heavy atom. The van der Waals surface area contributed by atoms with Crippen LogP contribution in [0.2, 0.25) is 0 Å². The van der Waals surface area contributed by atoms with Gasteiger partial charge in [-0.25, -0.2) is 4.79 Å². The Labute approximate surface area is 226 Å². The fourth-order valence-electron chi connectivity index (χ4n) is 3.50. The van der Waals surface area contributed by atoms with E-state index in [-0.39, 0.29) is 34.3 Å². The van der Waals surface area contributed by atoms with E-state index in [9.17, 15) is 29.3 Å². The number of nitrogens with zero attached hydrogens (tertiary/aromatic N) is 2. The van der Waals surface area contributed by atoms with Crippen molar-refractivity contribution in [3.8, 4) is 11.5 Å². The summed E-state index contributed by atoms with van der Waals surface area (Å²) in [6.45, 7) is 1.55. The first-order chi connectivity index (χ1) is 18.7. The van der Waals surface area contributed by atoms with E-state index in [1.54, 1.807) is 43.3 Å². The van der Waals surface area contributed by atoms with Gasteiger partial charge in [0.25, 0.3) is 16.8 Å². The van der Waals surface area contributed by atoms with Crippen molar-refractivity contribution in [1.82, 2.24) is 4.90 Å². The van der Waals surface area contributed by atoms with Crippen LogP contribution in [0.5, 0.6) is 11.5 Å². The predicted octanol–water partition coefficient (Wildman–Crippen LogP) is 4.89. The second kappa shape index (κ2) is 12.0. The molecule has 1 N–H and O–H groups in total. The highest BCUT2D eigenvalue weighted by atomic mass is 32.2. The number of carbonyl (C=O) groups is 4. The fourth-order valence-corrected chi connectivity index (χ4v) is 4.34. The third-order valence-corrected chi connectivity index (χ3v) is 6.22. The normalized spacial score (nSPS) is 13.9. The number of thioether (sulfide) groups is 1. The number of imide groups is 1. The monoisotopic (exact) mass is 547 g/mol. The summed E-state index contributed by atoms with van der Waals surface area (Å²) in [6, 6.07) is 18.2. The van der Waals surface area contributed by atoms with Crippen LogP contribution in [0.1, 0.15) is 22.8 Å². The lowest BCUT2D eigenvalue weighted by Crippen LogP contribution is -2.36. The van der Waals surface area contributed by atoms with Gasteiger partial charge in [-0.2, -0.15) is 0 Å². The number of non-ortho nitro benzene ring substituents is 1. The summed E-state index contributed by atoms with van der Waals surface area (Å²) < 4.78 is 11.0. The Morgan fingerprint density at radius 2 is 1.74 bits per heavy atom. The third kappa shape index (κ3) is 6.67. The molecule has 3 aromatic carbocycles. The topological polar surface area (TPSA) is 145 Å². The van der Waals surface area contributed by atoms with Gasteiger partial charge in [-0.3, -0.25) is 29.4 Å². The molecule has 198 valence electrons. The van der Waals surface area contributed by atoms with Crippen molar-refractivity contribution in [1.29, 1.82) is 0 Å². The minimum absolute atomic E-state index is 0.100. The van der Waals surface area contributed by atoms with E-state index >= 15 is 0 Å². The number of hydrogen-bond donors (Lipinski definition) is 1. The van der Waals surface area contributed by atoms with Gasteiger partial charge in [0.05, 0.1) is 22.0 Å². The minimum atomic E-state index is -0.742. The van der Waals surface area contributed by atoms with E-state index in [0.717, 1.165) is 4.90 Å². The van der Waals surface area contributed by atoms with Gasteiger partial charge in [0.2, 0.25) is 5.91 Å². The summed E-state index contributed by atoms with van der Waals surface area (Å²) in [5.41, 5.74) is 0.986. The van der Waals surface area contributed by atoms with E-state index in [0.29, 0.717) is 23.0 Å². The van der Waals surface area contributed by atoms with Crippen molar-refractivity contribution < 1.29 is 33.6 Å². The Hall–Kier alpha value is -4.97. The molecule has 1 fully saturated rings. The Balaban J connectivity index is 1.47. The van der Waals surface area contributed by atoms with E-state index in [1.807, 2.05) is 0 Å². The minimum Gasteiger partial charge on any atom is -0.490 e. The van der Waals surface area contributed by atoms with Crippen molar-refractivity contribution in [2.24, 2.45) is 0 Å². The zero-order valence-corrected chi connectivity index (χ0v) is 21.3. The molecular weight excluding hydrogens is 526 g/mol. The molecule has 1 aliphatic rings. The highest BCUT2D eigenvalue weighted by Crippen LogP contribution is 2.35. The lowest BCUT2D eigenvalue weighted by molar-refractivity contribution is -0.384.